The van der Waals surface area contributed by atoms with Crippen LogP contribution in [0.15, 0.2) is 39.2 Å². The van der Waals surface area contributed by atoms with Gasteiger partial charge in [-0.1, -0.05) is 6.07 Å². The first-order valence-corrected chi connectivity index (χ1v) is 8.79. The van der Waals surface area contributed by atoms with Crippen LogP contribution in [0.1, 0.15) is 11.3 Å². The molecule has 2 N–H and O–H groups in total. The number of rotatable bonds is 5. The summed E-state index contributed by atoms with van der Waals surface area (Å²) in [7, 11) is 0. The third-order valence-electron chi connectivity index (χ3n) is 4.00. The van der Waals surface area contributed by atoms with E-state index in [1.165, 1.54) is 0 Å². The van der Waals surface area contributed by atoms with Gasteiger partial charge in [0.05, 0.1) is 6.42 Å². The van der Waals surface area contributed by atoms with E-state index in [-0.39, 0.29) is 24.4 Å². The molecule has 0 aliphatic carbocycles. The number of thiophene rings is 1. The Bertz CT molecular complexity index is 871. The molecule has 2 aromatic heterocycles. The molecule has 8 nitrogen and oxygen atoms in total. The average molecular weight is 362 g/mol. The molecular weight excluding hydrogens is 344 g/mol. The smallest absolute Gasteiger partial charge is 0.265 e. The van der Waals surface area contributed by atoms with Gasteiger partial charge < -0.3 is 10.2 Å². The third kappa shape index (κ3) is 4.44. The van der Waals surface area contributed by atoms with E-state index in [4.69, 9.17) is 0 Å². The molecule has 3 heterocycles. The van der Waals surface area contributed by atoms with Crippen LogP contribution in [-0.2, 0) is 22.6 Å². The minimum atomic E-state index is -0.450. The fourth-order valence-electron chi connectivity index (χ4n) is 2.78. The van der Waals surface area contributed by atoms with Crippen LogP contribution in [0, 0.1) is 0 Å². The molecule has 0 saturated carbocycles. The summed E-state index contributed by atoms with van der Waals surface area (Å²) < 4.78 is 0.965. The summed E-state index contributed by atoms with van der Waals surface area (Å²) in [6.45, 7) is 0.794. The number of nitrogens with zero attached hydrogens (tertiary/aromatic N) is 2. The molecule has 2 amide bonds. The molecule has 1 aliphatic rings. The lowest BCUT2D eigenvalue weighted by atomic mass is 10.2. The summed E-state index contributed by atoms with van der Waals surface area (Å²) in [5.41, 5.74) is -0.896. The molecule has 1 fully saturated rings. The van der Waals surface area contributed by atoms with Crippen molar-refractivity contribution < 1.29 is 9.59 Å². The Morgan fingerprint density at radius 1 is 1.28 bits per heavy atom. The highest BCUT2D eigenvalue weighted by molar-refractivity contribution is 7.10. The third-order valence-corrected chi connectivity index (χ3v) is 4.88. The Morgan fingerprint density at radius 3 is 2.88 bits per heavy atom. The van der Waals surface area contributed by atoms with E-state index in [0.717, 1.165) is 21.7 Å². The number of likely N-dealkylation sites (tertiary alicyclic amines) is 1. The van der Waals surface area contributed by atoms with E-state index in [1.807, 2.05) is 17.5 Å². The van der Waals surface area contributed by atoms with Crippen LogP contribution in [0.25, 0.3) is 0 Å². The maximum atomic E-state index is 12.3. The van der Waals surface area contributed by atoms with E-state index >= 15 is 0 Å². The summed E-state index contributed by atoms with van der Waals surface area (Å²) in [5, 5.41) is 7.05. The van der Waals surface area contributed by atoms with E-state index in [2.05, 4.69) is 10.4 Å². The highest BCUT2D eigenvalue weighted by Crippen LogP contribution is 2.14. The molecule has 9 heteroatoms. The van der Waals surface area contributed by atoms with Gasteiger partial charge in [0.2, 0.25) is 11.8 Å². The highest BCUT2D eigenvalue weighted by Gasteiger charge is 2.27. The Balaban J connectivity index is 1.51. The summed E-state index contributed by atoms with van der Waals surface area (Å²) in [5.74, 6) is -0.329. The second-order valence-corrected chi connectivity index (χ2v) is 6.92. The molecule has 25 heavy (non-hydrogen) atoms. The molecule has 1 atom stereocenters. The van der Waals surface area contributed by atoms with Gasteiger partial charge in [-0.3, -0.25) is 24.3 Å². The number of aromatic amines is 1. The van der Waals surface area contributed by atoms with Crippen molar-refractivity contribution in [2.75, 3.05) is 13.1 Å². The normalized spacial score (nSPS) is 16.8. The van der Waals surface area contributed by atoms with Crippen LogP contribution in [0.5, 0.6) is 0 Å². The molecule has 1 unspecified atom stereocenters. The molecule has 0 spiro atoms. The number of carbonyl (C=O) groups is 2. The largest absolute Gasteiger partial charge is 0.350 e. The molecule has 0 radical (unpaired) electrons. The quantitative estimate of drug-likeness (QED) is 0.752. The Kier molecular flexibility index (Phi) is 5.13. The molecular formula is C16H18N4O4S. The Labute approximate surface area is 147 Å². The monoisotopic (exact) mass is 362 g/mol. The van der Waals surface area contributed by atoms with E-state index < -0.39 is 11.1 Å². The van der Waals surface area contributed by atoms with Gasteiger partial charge in [0.15, 0.2) is 0 Å². The molecule has 132 valence electrons. The van der Waals surface area contributed by atoms with E-state index in [9.17, 15) is 19.2 Å². The van der Waals surface area contributed by atoms with Crippen LogP contribution in [0.2, 0.25) is 0 Å². The lowest BCUT2D eigenvalue weighted by Gasteiger charge is -2.17. The summed E-state index contributed by atoms with van der Waals surface area (Å²) in [6.07, 6.45) is 1.04. The van der Waals surface area contributed by atoms with Crippen LogP contribution in [-0.4, -0.2) is 45.6 Å². The second kappa shape index (κ2) is 7.47. The zero-order valence-electron chi connectivity index (χ0n) is 13.4. The van der Waals surface area contributed by atoms with Gasteiger partial charge in [0, 0.05) is 36.1 Å². The van der Waals surface area contributed by atoms with Gasteiger partial charge in [-0.2, -0.15) is 0 Å². The zero-order chi connectivity index (χ0) is 17.8. The van der Waals surface area contributed by atoms with Gasteiger partial charge >= 0.3 is 0 Å². The minimum absolute atomic E-state index is 0.0443. The second-order valence-electron chi connectivity index (χ2n) is 5.88. The average Bonchev–Trinajstić information content (AvgIpc) is 3.22. The van der Waals surface area contributed by atoms with Crippen molar-refractivity contribution in [1.29, 1.82) is 0 Å². The first-order chi connectivity index (χ1) is 12.0. The molecule has 1 saturated heterocycles. The summed E-state index contributed by atoms with van der Waals surface area (Å²) in [4.78, 5) is 49.9. The molecule has 2 aromatic rings. The summed E-state index contributed by atoms with van der Waals surface area (Å²) in [6, 6.07) is 5.93. The van der Waals surface area contributed by atoms with Gasteiger partial charge in [-0.25, -0.2) is 4.68 Å². The fourth-order valence-corrected chi connectivity index (χ4v) is 3.47. The van der Waals surface area contributed by atoms with Crippen molar-refractivity contribution in [2.45, 2.75) is 25.4 Å². The SMILES string of the molecule is O=C(Cn1[nH]c(=O)ccc1=O)NC1CCN(C(=O)Cc2cccs2)C1. The maximum Gasteiger partial charge on any atom is 0.265 e. The van der Waals surface area contributed by atoms with Crippen molar-refractivity contribution in [3.8, 4) is 0 Å². The first kappa shape index (κ1) is 17.2. The molecule has 3 rings (SSSR count). The van der Waals surface area contributed by atoms with Gasteiger partial charge in [-0.15, -0.1) is 11.3 Å². The van der Waals surface area contributed by atoms with E-state index in [0.29, 0.717) is 25.9 Å². The van der Waals surface area contributed by atoms with Crippen molar-refractivity contribution in [3.05, 3.63) is 55.2 Å². The Hall–Kier alpha value is -2.68. The highest BCUT2D eigenvalue weighted by atomic mass is 32.1. The lowest BCUT2D eigenvalue weighted by Crippen LogP contribution is -2.42. The van der Waals surface area contributed by atoms with Crippen LogP contribution in [0.4, 0.5) is 0 Å². The number of H-pyrrole nitrogens is 1. The van der Waals surface area contributed by atoms with Gasteiger partial charge in [0.25, 0.3) is 11.1 Å². The first-order valence-electron chi connectivity index (χ1n) is 7.91. The number of hydrogen-bond acceptors (Lipinski definition) is 5. The van der Waals surface area contributed by atoms with Crippen molar-refractivity contribution in [3.63, 3.8) is 0 Å². The fraction of sp³-hybridized carbons (Fsp3) is 0.375. The maximum absolute atomic E-state index is 12.3. The predicted molar refractivity (Wildman–Crippen MR) is 92.5 cm³/mol. The topological polar surface area (TPSA) is 104 Å². The molecule has 0 bridgehead atoms. The van der Waals surface area contributed by atoms with Crippen LogP contribution >= 0.6 is 11.3 Å². The number of amides is 2. The Morgan fingerprint density at radius 2 is 2.12 bits per heavy atom. The number of hydrogen-bond donors (Lipinski definition) is 2. The number of nitrogens with one attached hydrogen (secondary N) is 2. The molecule has 1 aliphatic heterocycles. The van der Waals surface area contributed by atoms with Crippen LogP contribution in [0.3, 0.4) is 0 Å². The summed E-state index contributed by atoms with van der Waals surface area (Å²) >= 11 is 1.55. The lowest BCUT2D eigenvalue weighted by molar-refractivity contribution is -0.130. The van der Waals surface area contributed by atoms with Gasteiger partial charge in [0.1, 0.15) is 6.54 Å². The number of aromatic nitrogens is 2. The van der Waals surface area contributed by atoms with E-state index in [1.54, 1.807) is 16.2 Å². The van der Waals surface area contributed by atoms with Crippen molar-refractivity contribution in [2.24, 2.45) is 0 Å². The predicted octanol–water partition coefficient (Wildman–Crippen LogP) is -0.442. The van der Waals surface area contributed by atoms with Crippen molar-refractivity contribution in [1.82, 2.24) is 20.0 Å². The molecule has 0 aromatic carbocycles. The number of carbonyl (C=O) groups excluding carboxylic acids is 2. The van der Waals surface area contributed by atoms with Crippen molar-refractivity contribution >= 4 is 23.2 Å². The van der Waals surface area contributed by atoms with Crippen LogP contribution < -0.4 is 16.4 Å². The zero-order valence-corrected chi connectivity index (χ0v) is 14.3. The van der Waals surface area contributed by atoms with Gasteiger partial charge in [-0.05, 0) is 17.9 Å². The minimum Gasteiger partial charge on any atom is -0.350 e. The standard InChI is InChI=1S/C16H18N4O4S/c21-13-3-4-15(23)20(18-13)10-14(22)17-11-5-6-19(9-11)16(24)8-12-2-1-7-25-12/h1-4,7,11H,5-6,8-10H2,(H,17,22)(H,18,21).